The number of hydroxylamine groups is 2. The van der Waals surface area contributed by atoms with Crippen molar-refractivity contribution in [1.82, 2.24) is 20.5 Å². The zero-order chi connectivity index (χ0) is 22.5. The molecule has 4 rings (SSSR count). The molecular formula is C23H29N5O4. The molecule has 1 aliphatic carbocycles. The van der Waals surface area contributed by atoms with E-state index in [1.165, 1.54) is 5.01 Å². The summed E-state index contributed by atoms with van der Waals surface area (Å²) >= 11 is 0. The summed E-state index contributed by atoms with van der Waals surface area (Å²) in [7, 11) is 0. The van der Waals surface area contributed by atoms with E-state index in [4.69, 9.17) is 0 Å². The molecule has 170 valence electrons. The van der Waals surface area contributed by atoms with Gasteiger partial charge in [0.2, 0.25) is 18.2 Å². The number of aromatic nitrogens is 1. The van der Waals surface area contributed by atoms with Gasteiger partial charge in [-0.05, 0) is 37.0 Å². The lowest BCUT2D eigenvalue weighted by Gasteiger charge is -2.29. The van der Waals surface area contributed by atoms with E-state index in [9.17, 15) is 19.6 Å². The fraction of sp³-hybridized carbons (Fsp3) is 0.478. The molecule has 2 aliphatic rings. The van der Waals surface area contributed by atoms with E-state index >= 15 is 0 Å². The van der Waals surface area contributed by atoms with Crippen LogP contribution in [0.2, 0.25) is 0 Å². The van der Waals surface area contributed by atoms with Gasteiger partial charge in [-0.3, -0.25) is 24.6 Å². The number of fused-ring (bicyclic) bond motifs is 1. The molecule has 0 bridgehead atoms. The first-order valence-electron chi connectivity index (χ1n) is 11.2. The van der Waals surface area contributed by atoms with Crippen molar-refractivity contribution in [3.05, 3.63) is 36.4 Å². The molecule has 1 aliphatic heterocycles. The summed E-state index contributed by atoms with van der Waals surface area (Å²) in [5.74, 6) is -0.351. The first-order valence-corrected chi connectivity index (χ1v) is 11.2. The van der Waals surface area contributed by atoms with Crippen molar-refractivity contribution < 1.29 is 19.6 Å². The normalized spacial score (nSPS) is 19.8. The third-order valence-corrected chi connectivity index (χ3v) is 6.37. The Bertz CT molecular complexity index is 978. The molecule has 1 aromatic heterocycles. The van der Waals surface area contributed by atoms with E-state index in [2.05, 4.69) is 15.7 Å². The smallest absolute Gasteiger partial charge is 0.250 e. The number of hydrazine groups is 1. The number of amides is 3. The van der Waals surface area contributed by atoms with Crippen molar-refractivity contribution >= 4 is 34.9 Å². The van der Waals surface area contributed by atoms with E-state index in [-0.39, 0.29) is 18.4 Å². The molecule has 9 heteroatoms. The topological polar surface area (TPSA) is 115 Å². The average molecular weight is 440 g/mol. The van der Waals surface area contributed by atoms with Crippen LogP contribution in [0.5, 0.6) is 0 Å². The van der Waals surface area contributed by atoms with Gasteiger partial charge in [-0.25, -0.2) is 15.5 Å². The van der Waals surface area contributed by atoms with E-state index < -0.39 is 12.0 Å². The molecule has 2 atom stereocenters. The summed E-state index contributed by atoms with van der Waals surface area (Å²) in [5, 5.41) is 15.4. The number of anilines is 1. The third kappa shape index (κ3) is 5.05. The van der Waals surface area contributed by atoms with Crippen LogP contribution in [-0.4, -0.2) is 57.6 Å². The minimum atomic E-state index is -0.690. The minimum Gasteiger partial charge on any atom is -0.309 e. The third-order valence-electron chi connectivity index (χ3n) is 6.37. The van der Waals surface area contributed by atoms with Crippen LogP contribution >= 0.6 is 0 Å². The highest BCUT2D eigenvalue weighted by Crippen LogP contribution is 2.31. The Morgan fingerprint density at radius 2 is 2.00 bits per heavy atom. The maximum Gasteiger partial charge on any atom is 0.250 e. The summed E-state index contributed by atoms with van der Waals surface area (Å²) in [5.41, 5.74) is 3.79. The number of nitrogens with one attached hydrogen (secondary N) is 2. The largest absolute Gasteiger partial charge is 0.309 e. The van der Waals surface area contributed by atoms with Crippen LogP contribution in [0.15, 0.2) is 36.4 Å². The van der Waals surface area contributed by atoms with Crippen LogP contribution in [0.25, 0.3) is 10.9 Å². The summed E-state index contributed by atoms with van der Waals surface area (Å²) in [6.07, 6.45) is 5.71. The van der Waals surface area contributed by atoms with Gasteiger partial charge >= 0.3 is 0 Å². The fourth-order valence-electron chi connectivity index (χ4n) is 4.75. The van der Waals surface area contributed by atoms with Crippen LogP contribution in [0, 0.1) is 11.8 Å². The first kappa shape index (κ1) is 22.2. The lowest BCUT2D eigenvalue weighted by Crippen LogP contribution is -2.51. The molecule has 0 radical (unpaired) electrons. The molecule has 3 N–H and O–H groups in total. The zero-order valence-electron chi connectivity index (χ0n) is 17.9. The van der Waals surface area contributed by atoms with Crippen LogP contribution in [0.4, 0.5) is 5.82 Å². The molecule has 0 unspecified atom stereocenters. The highest BCUT2D eigenvalue weighted by Gasteiger charge is 2.39. The van der Waals surface area contributed by atoms with Gasteiger partial charge < -0.3 is 5.32 Å². The van der Waals surface area contributed by atoms with Gasteiger partial charge in [0.25, 0.3) is 0 Å². The number of hydrogen-bond donors (Lipinski definition) is 3. The number of benzene rings is 1. The highest BCUT2D eigenvalue weighted by atomic mass is 16.5. The lowest BCUT2D eigenvalue weighted by molar-refractivity contribution is -0.159. The Hall–Kier alpha value is -3.04. The van der Waals surface area contributed by atoms with Gasteiger partial charge in [0, 0.05) is 11.9 Å². The van der Waals surface area contributed by atoms with E-state index in [1.54, 1.807) is 6.07 Å². The van der Waals surface area contributed by atoms with Crippen LogP contribution in [0.1, 0.15) is 38.5 Å². The second kappa shape index (κ2) is 10.1. The molecule has 1 saturated heterocycles. The fourth-order valence-corrected chi connectivity index (χ4v) is 4.75. The Labute approximate surface area is 186 Å². The van der Waals surface area contributed by atoms with Crippen LogP contribution < -0.4 is 10.7 Å². The molecule has 2 fully saturated rings. The Morgan fingerprint density at radius 1 is 1.22 bits per heavy atom. The molecule has 2 aromatic rings. The van der Waals surface area contributed by atoms with Gasteiger partial charge in [0.1, 0.15) is 11.9 Å². The van der Waals surface area contributed by atoms with E-state index in [0.717, 1.165) is 36.6 Å². The molecule has 3 amide bonds. The van der Waals surface area contributed by atoms with Crippen LogP contribution in [-0.2, 0) is 14.4 Å². The van der Waals surface area contributed by atoms with Gasteiger partial charge in [0.15, 0.2) is 0 Å². The summed E-state index contributed by atoms with van der Waals surface area (Å²) in [4.78, 5) is 41.8. The quantitative estimate of drug-likeness (QED) is 0.330. The second-order valence-electron chi connectivity index (χ2n) is 8.61. The Morgan fingerprint density at radius 3 is 2.78 bits per heavy atom. The van der Waals surface area contributed by atoms with Crippen molar-refractivity contribution in [3.8, 4) is 0 Å². The minimum absolute atomic E-state index is 0.0857. The molecule has 1 saturated carbocycles. The van der Waals surface area contributed by atoms with Crippen molar-refractivity contribution in [2.45, 2.75) is 44.6 Å². The zero-order valence-corrected chi connectivity index (χ0v) is 17.9. The number of para-hydroxylation sites is 1. The molecule has 1 aromatic carbocycles. The summed E-state index contributed by atoms with van der Waals surface area (Å²) < 4.78 is 0. The molecule has 2 heterocycles. The van der Waals surface area contributed by atoms with Crippen LogP contribution in [0.3, 0.4) is 0 Å². The summed E-state index contributed by atoms with van der Waals surface area (Å²) in [6.45, 7) is 0.402. The van der Waals surface area contributed by atoms with Crippen molar-refractivity contribution in [2.75, 3.05) is 18.4 Å². The monoisotopic (exact) mass is 439 g/mol. The highest BCUT2D eigenvalue weighted by molar-refractivity contribution is 5.97. The average Bonchev–Trinajstić information content (AvgIpc) is 3.50. The molecule has 32 heavy (non-hydrogen) atoms. The molecule has 9 nitrogen and oxygen atoms in total. The van der Waals surface area contributed by atoms with Gasteiger partial charge in [-0.15, -0.1) is 0 Å². The van der Waals surface area contributed by atoms with Gasteiger partial charge in [-0.2, -0.15) is 0 Å². The first-order chi connectivity index (χ1) is 15.5. The number of rotatable bonds is 8. The Balaban J connectivity index is 1.46. The number of hydrogen-bond acceptors (Lipinski definition) is 6. The Kier molecular flexibility index (Phi) is 6.96. The maximum absolute atomic E-state index is 13.3. The predicted octanol–water partition coefficient (Wildman–Crippen LogP) is 2.32. The number of pyridine rings is 1. The second-order valence-corrected chi connectivity index (χ2v) is 8.61. The molecule has 0 spiro atoms. The summed E-state index contributed by atoms with van der Waals surface area (Å²) in [6, 6.07) is 10.6. The van der Waals surface area contributed by atoms with Crippen molar-refractivity contribution in [3.63, 3.8) is 0 Å². The number of nitrogens with zero attached hydrogens (tertiary/aromatic N) is 3. The van der Waals surface area contributed by atoms with E-state index in [1.807, 2.05) is 30.3 Å². The standard InChI is InChI=1S/C23H29N5O4/c29-15-27(32)14-18(13-16-5-1-2-6-16)23(31)28-20(11-12-24-28)22(30)26-21-10-9-17-7-3-4-8-19(17)25-21/h3-4,7-10,15-16,18,20,24,32H,1-2,5-6,11-14H2,(H,25,26,30)/t18-,20+/m1/s1. The van der Waals surface area contributed by atoms with Gasteiger partial charge in [-0.1, -0.05) is 43.9 Å². The SMILES string of the molecule is O=CN(O)C[C@@H](CC1CCCC1)C(=O)N1NCC[C@H]1C(=O)Nc1ccc2ccccc2n1. The number of carbonyl (C=O) groups is 3. The number of carbonyl (C=O) groups excluding carboxylic acids is 3. The van der Waals surface area contributed by atoms with Gasteiger partial charge in [0.05, 0.1) is 18.0 Å². The molecular weight excluding hydrogens is 410 g/mol. The predicted molar refractivity (Wildman–Crippen MR) is 118 cm³/mol. The maximum atomic E-state index is 13.3. The van der Waals surface area contributed by atoms with E-state index in [0.29, 0.717) is 42.6 Å². The van der Waals surface area contributed by atoms with Crippen molar-refractivity contribution in [2.24, 2.45) is 11.8 Å². The lowest BCUT2D eigenvalue weighted by atomic mass is 9.92. The van der Waals surface area contributed by atoms with Crippen molar-refractivity contribution in [1.29, 1.82) is 0 Å².